The van der Waals surface area contributed by atoms with Crippen LogP contribution in [0.15, 0.2) is 72.8 Å². The quantitative estimate of drug-likeness (QED) is 0.0534. The van der Waals surface area contributed by atoms with Crippen molar-refractivity contribution in [1.29, 1.82) is 5.41 Å². The lowest BCUT2D eigenvalue weighted by Gasteiger charge is -2.23. The summed E-state index contributed by atoms with van der Waals surface area (Å²) in [6, 6.07) is 20.1. The smallest absolute Gasteiger partial charge is 0.305 e. The number of benzene rings is 3. The molecule has 2 amide bonds. The van der Waals surface area contributed by atoms with Crippen molar-refractivity contribution in [3.63, 3.8) is 0 Å². The van der Waals surface area contributed by atoms with Gasteiger partial charge in [-0.1, -0.05) is 42.5 Å². The second kappa shape index (κ2) is 22.4. The van der Waals surface area contributed by atoms with Crippen molar-refractivity contribution in [2.24, 2.45) is 5.41 Å². The molecule has 296 valence electrons. The van der Waals surface area contributed by atoms with Crippen LogP contribution in [-0.2, 0) is 48.2 Å². The van der Waals surface area contributed by atoms with Crippen LogP contribution in [0.2, 0.25) is 0 Å². The number of carboxylic acid groups (broad SMARTS) is 1. The fraction of sp³-hybridized carbons (Fsp3) is 0.429. The molecule has 0 saturated heterocycles. The summed E-state index contributed by atoms with van der Waals surface area (Å²) in [6.07, 6.45) is 4.31. The van der Waals surface area contributed by atoms with Crippen molar-refractivity contribution in [3.8, 4) is 0 Å². The number of anilines is 2. The van der Waals surface area contributed by atoms with Gasteiger partial charge in [0, 0.05) is 55.0 Å². The minimum Gasteiger partial charge on any atom is -0.481 e. The van der Waals surface area contributed by atoms with Crippen LogP contribution in [0.3, 0.4) is 0 Å². The Hall–Kier alpha value is -4.95. The second-order valence-electron chi connectivity index (χ2n) is 13.0. The van der Waals surface area contributed by atoms with E-state index < -0.39 is 18.1 Å². The Bertz CT molecular complexity index is 1760. The third-order valence-electron chi connectivity index (χ3n) is 9.13. The van der Waals surface area contributed by atoms with Crippen LogP contribution in [0, 0.1) is 10.8 Å². The molecule has 0 radical (unpaired) electrons. The van der Waals surface area contributed by atoms with E-state index in [0.717, 1.165) is 49.0 Å². The van der Waals surface area contributed by atoms with E-state index in [9.17, 15) is 18.8 Å². The minimum atomic E-state index is -1.26. The zero-order valence-corrected chi connectivity index (χ0v) is 31.7. The number of ether oxygens (including phenoxy) is 4. The minimum absolute atomic E-state index is 0.0251. The van der Waals surface area contributed by atoms with E-state index in [4.69, 9.17) is 29.5 Å². The molecule has 12 nitrogen and oxygen atoms in total. The Morgan fingerprint density at radius 2 is 1.45 bits per heavy atom. The topological polar surface area (TPSA) is 160 Å². The summed E-state index contributed by atoms with van der Waals surface area (Å²) in [7, 11) is 0. The van der Waals surface area contributed by atoms with E-state index in [1.54, 1.807) is 30.3 Å². The first kappa shape index (κ1) is 42.8. The summed E-state index contributed by atoms with van der Waals surface area (Å²) < 4.78 is 34.9. The maximum absolute atomic E-state index is 13.6. The average Bonchev–Trinajstić information content (AvgIpc) is 3.95. The van der Waals surface area contributed by atoms with Gasteiger partial charge in [-0.25, -0.2) is 4.39 Å². The predicted octanol–water partition coefficient (Wildman–Crippen LogP) is 6.08. The van der Waals surface area contributed by atoms with Gasteiger partial charge >= 0.3 is 5.97 Å². The Labute approximate surface area is 322 Å². The maximum atomic E-state index is 13.6. The monoisotopic (exact) mass is 760 g/mol. The van der Waals surface area contributed by atoms with Gasteiger partial charge < -0.3 is 45.0 Å². The van der Waals surface area contributed by atoms with Gasteiger partial charge in [-0.3, -0.25) is 14.4 Å². The number of nitrogens with one attached hydrogen (secondary N) is 3. The first-order chi connectivity index (χ1) is 26.7. The fourth-order valence-corrected chi connectivity index (χ4v) is 6.03. The molecule has 0 saturated carbocycles. The van der Waals surface area contributed by atoms with E-state index >= 15 is 0 Å². The first-order valence-electron chi connectivity index (χ1n) is 18.7. The third kappa shape index (κ3) is 13.1. The van der Waals surface area contributed by atoms with E-state index in [1.165, 1.54) is 0 Å². The summed E-state index contributed by atoms with van der Waals surface area (Å²) in [5.74, 6) is -1.54. The number of carbonyl (C=O) groups excluding carboxylic acids is 2. The predicted molar refractivity (Wildman–Crippen MR) is 211 cm³/mol. The number of hydrogen-bond donors (Lipinski definition) is 4. The van der Waals surface area contributed by atoms with E-state index in [0.29, 0.717) is 74.2 Å². The highest BCUT2D eigenvalue weighted by Gasteiger charge is 2.50. The lowest BCUT2D eigenvalue weighted by atomic mass is 9.94. The Balaban J connectivity index is 1.28. The third-order valence-corrected chi connectivity index (χ3v) is 9.13. The molecule has 0 spiro atoms. The first-order valence-corrected chi connectivity index (χ1v) is 18.7. The molecular weight excluding hydrogens is 707 g/mol. The molecule has 4 rings (SSSR count). The second-order valence-corrected chi connectivity index (χ2v) is 13.0. The summed E-state index contributed by atoms with van der Waals surface area (Å²) in [5, 5.41) is 22.8. The number of aliphatic carboxylic acids is 1. The molecule has 0 bridgehead atoms. The number of rotatable bonds is 27. The molecule has 4 N–H and O–H groups in total. The van der Waals surface area contributed by atoms with Crippen molar-refractivity contribution in [2.45, 2.75) is 46.3 Å². The molecule has 3 aromatic rings. The maximum Gasteiger partial charge on any atom is 0.305 e. The van der Waals surface area contributed by atoms with Gasteiger partial charge in [-0.2, -0.15) is 0 Å². The van der Waals surface area contributed by atoms with Gasteiger partial charge in [0.25, 0.3) is 5.91 Å². The van der Waals surface area contributed by atoms with Gasteiger partial charge in [0.2, 0.25) is 5.91 Å². The van der Waals surface area contributed by atoms with E-state index in [1.807, 2.05) is 42.5 Å². The van der Waals surface area contributed by atoms with Crippen LogP contribution < -0.4 is 15.5 Å². The van der Waals surface area contributed by atoms with Gasteiger partial charge in [0.15, 0.2) is 0 Å². The number of aryl methyl sites for hydroxylation is 1. The van der Waals surface area contributed by atoms with Crippen molar-refractivity contribution >= 4 is 40.9 Å². The summed E-state index contributed by atoms with van der Waals surface area (Å²) >= 11 is 0. The highest BCUT2D eigenvalue weighted by molar-refractivity contribution is 6.22. The molecule has 0 fully saturated rings. The highest BCUT2D eigenvalue weighted by Crippen LogP contribution is 2.52. The molecular formula is C42H53FN4O8. The normalized spacial score (nSPS) is 14.6. The van der Waals surface area contributed by atoms with Crippen LogP contribution in [0.5, 0.6) is 0 Å². The fourth-order valence-electron chi connectivity index (χ4n) is 6.03. The van der Waals surface area contributed by atoms with Gasteiger partial charge in [-0.05, 0) is 79.3 Å². The molecule has 1 atom stereocenters. The molecule has 13 heteroatoms. The zero-order valence-electron chi connectivity index (χ0n) is 31.7. The van der Waals surface area contributed by atoms with E-state index in [2.05, 4.69) is 29.4 Å². The van der Waals surface area contributed by atoms with Gasteiger partial charge in [0.1, 0.15) is 12.1 Å². The van der Waals surface area contributed by atoms with Crippen molar-refractivity contribution in [3.05, 3.63) is 101 Å². The summed E-state index contributed by atoms with van der Waals surface area (Å²) in [5.41, 5.74) is 4.29. The van der Waals surface area contributed by atoms with Crippen molar-refractivity contribution in [1.82, 2.24) is 5.32 Å². The van der Waals surface area contributed by atoms with E-state index in [-0.39, 0.29) is 31.4 Å². The van der Waals surface area contributed by atoms with Crippen LogP contribution in [-0.4, -0.2) is 95.0 Å². The standard InChI is InChI=1S/C42H53FN4O8/c1-3-47(4-2)35-13-14-38(36(26-35)37-27-42(37,30-44)41(51)45-29-33-10-5-9-32(24-33)28-43)46-40(50)34-12-6-8-31(25-34)11-7-16-52-18-20-54-22-23-55-21-19-53-17-15-39(48)49/h5-6,8-10,12-14,24-27,30,44H,3-4,7,11,15-23,28-29H2,1-2H3,(H,45,51)(H,46,50)(H,48,49). The number of amides is 2. The number of nitrogens with zero attached hydrogens (tertiary/aromatic N) is 1. The highest BCUT2D eigenvalue weighted by atomic mass is 19.1. The Kier molecular flexibility index (Phi) is 17.5. The lowest BCUT2D eigenvalue weighted by Crippen LogP contribution is -2.34. The molecule has 1 unspecified atom stereocenters. The SMILES string of the molecule is CCN(CC)c1ccc(NC(=O)c2cccc(CCCOCCOCCOCCOCCC(=O)O)c2)c(C2=CC2(C=N)C(=O)NCc2cccc(CF)c2)c1. The summed E-state index contributed by atoms with van der Waals surface area (Å²) in [6.45, 7) is 8.39. The number of alkyl halides is 1. The van der Waals surface area contributed by atoms with Crippen molar-refractivity contribution < 1.29 is 42.8 Å². The summed E-state index contributed by atoms with van der Waals surface area (Å²) in [4.78, 5) is 39.8. The molecule has 1 aliphatic rings. The molecule has 0 aromatic heterocycles. The number of halogens is 1. The van der Waals surface area contributed by atoms with Gasteiger partial charge in [-0.15, -0.1) is 0 Å². The lowest BCUT2D eigenvalue weighted by molar-refractivity contribution is -0.138. The zero-order chi connectivity index (χ0) is 39.5. The number of carboxylic acids is 1. The Morgan fingerprint density at radius 1 is 0.818 bits per heavy atom. The van der Waals surface area contributed by atoms with Crippen LogP contribution in [0.1, 0.15) is 59.3 Å². The largest absolute Gasteiger partial charge is 0.481 e. The van der Waals surface area contributed by atoms with Crippen molar-refractivity contribution in [2.75, 3.05) is 76.2 Å². The average molecular weight is 761 g/mol. The molecule has 3 aromatic carbocycles. The molecule has 55 heavy (non-hydrogen) atoms. The number of hydrogen-bond acceptors (Lipinski definition) is 9. The molecule has 0 aliphatic heterocycles. The van der Waals surface area contributed by atoms with Crippen LogP contribution in [0.4, 0.5) is 15.8 Å². The number of carbonyl (C=O) groups is 3. The molecule has 1 aliphatic carbocycles. The van der Waals surface area contributed by atoms with Crippen LogP contribution in [0.25, 0.3) is 5.57 Å². The van der Waals surface area contributed by atoms with Gasteiger partial charge in [0.05, 0.1) is 52.7 Å². The molecule has 0 heterocycles. The van der Waals surface area contributed by atoms with Crippen LogP contribution >= 0.6 is 0 Å². The Morgan fingerprint density at radius 3 is 2.11 bits per heavy atom.